The minimum absolute atomic E-state index is 0.0463. The minimum atomic E-state index is -3.38. The lowest BCUT2D eigenvalue weighted by Gasteiger charge is -2.25. The molecule has 168 valence electrons. The zero-order chi connectivity index (χ0) is 23.1. The van der Waals surface area contributed by atoms with Gasteiger partial charge in [0, 0.05) is 53.7 Å². The topological polar surface area (TPSA) is 87.8 Å². The Bertz CT molecular complexity index is 1310. The third-order valence-corrected chi connectivity index (χ3v) is 7.78. The minimum Gasteiger partial charge on any atom is -0.347 e. The molecule has 6 nitrogen and oxygen atoms in total. The van der Waals surface area contributed by atoms with Crippen LogP contribution in [0.3, 0.4) is 0 Å². The number of nitrogens with zero attached hydrogens (tertiary/aromatic N) is 3. The van der Waals surface area contributed by atoms with Gasteiger partial charge in [-0.15, -0.1) is 0 Å². The summed E-state index contributed by atoms with van der Waals surface area (Å²) in [6.45, 7) is 7.11. The molecule has 1 aliphatic carbocycles. The van der Waals surface area contributed by atoms with Gasteiger partial charge in [-0.2, -0.15) is 5.26 Å². The molecule has 1 aromatic carbocycles. The van der Waals surface area contributed by atoms with Gasteiger partial charge in [0.2, 0.25) is 10.0 Å². The van der Waals surface area contributed by atoms with Crippen LogP contribution in [-0.4, -0.2) is 23.2 Å². The van der Waals surface area contributed by atoms with Crippen LogP contribution in [-0.2, 0) is 23.1 Å². The number of hydrogen-bond acceptors (Lipinski definition) is 4. The fourth-order valence-electron chi connectivity index (χ4n) is 4.06. The van der Waals surface area contributed by atoms with Crippen molar-refractivity contribution >= 4 is 20.9 Å². The predicted molar refractivity (Wildman–Crippen MR) is 123 cm³/mol. The average Bonchev–Trinajstić information content (AvgIpc) is 2.99. The van der Waals surface area contributed by atoms with Crippen molar-refractivity contribution in [2.24, 2.45) is 5.41 Å². The van der Waals surface area contributed by atoms with Crippen molar-refractivity contribution in [3.05, 3.63) is 53.7 Å². The second-order valence-electron chi connectivity index (χ2n) is 9.64. The van der Waals surface area contributed by atoms with Crippen molar-refractivity contribution in [2.45, 2.75) is 58.4 Å². The first-order valence-corrected chi connectivity index (χ1v) is 12.3. The number of sulfonamides is 1. The molecule has 4 rings (SSSR count). The summed E-state index contributed by atoms with van der Waals surface area (Å²) in [5.41, 5.74) is 2.56. The van der Waals surface area contributed by atoms with Gasteiger partial charge < -0.3 is 4.57 Å². The summed E-state index contributed by atoms with van der Waals surface area (Å²) in [4.78, 5) is 4.06. The number of aromatic nitrogens is 2. The van der Waals surface area contributed by atoms with Crippen molar-refractivity contribution in [1.82, 2.24) is 14.3 Å². The van der Waals surface area contributed by atoms with E-state index in [2.05, 4.69) is 36.5 Å². The summed E-state index contributed by atoms with van der Waals surface area (Å²) in [5, 5.41) is 9.77. The number of benzene rings is 1. The van der Waals surface area contributed by atoms with Crippen LogP contribution in [0, 0.1) is 22.6 Å². The van der Waals surface area contributed by atoms with Gasteiger partial charge in [0.25, 0.3) is 0 Å². The molecule has 8 heteroatoms. The maximum Gasteiger partial charge on any atom is 0.214 e. The zero-order valence-electron chi connectivity index (χ0n) is 18.5. The lowest BCUT2D eigenvalue weighted by Crippen LogP contribution is -2.38. The molecule has 0 aliphatic heterocycles. The van der Waals surface area contributed by atoms with Crippen LogP contribution in [0.15, 0.2) is 36.8 Å². The summed E-state index contributed by atoms with van der Waals surface area (Å²) in [5.74, 6) is -0.474. The molecule has 1 aliphatic rings. The third kappa shape index (κ3) is 4.41. The first kappa shape index (κ1) is 22.4. The highest BCUT2D eigenvalue weighted by Crippen LogP contribution is 2.34. The molecule has 32 heavy (non-hydrogen) atoms. The van der Waals surface area contributed by atoms with E-state index < -0.39 is 15.8 Å². The van der Waals surface area contributed by atoms with Crippen LogP contribution in [0.1, 0.15) is 51.2 Å². The van der Waals surface area contributed by atoms with Crippen molar-refractivity contribution in [3.63, 3.8) is 0 Å². The average molecular weight is 455 g/mol. The summed E-state index contributed by atoms with van der Waals surface area (Å²) in [6, 6.07) is 6.83. The molecule has 2 aromatic heterocycles. The van der Waals surface area contributed by atoms with E-state index in [0.717, 1.165) is 17.5 Å². The third-order valence-electron chi connectivity index (χ3n) is 5.88. The number of nitrogens with one attached hydrogen (secondary N) is 1. The fraction of sp³-hybridized carbons (Fsp3) is 0.417. The molecule has 0 saturated heterocycles. The highest BCUT2D eigenvalue weighted by atomic mass is 32.2. The van der Waals surface area contributed by atoms with Gasteiger partial charge in [-0.1, -0.05) is 27.2 Å². The van der Waals surface area contributed by atoms with Gasteiger partial charge in [-0.05, 0) is 42.0 Å². The maximum absolute atomic E-state index is 15.2. The molecule has 1 N–H and O–H groups in total. The molecular formula is C24H27FN4O2S. The lowest BCUT2D eigenvalue weighted by atomic mass is 9.96. The maximum atomic E-state index is 15.2. The Balaban J connectivity index is 1.80. The van der Waals surface area contributed by atoms with Gasteiger partial charge in [-0.25, -0.2) is 17.5 Å². The monoisotopic (exact) mass is 454 g/mol. The van der Waals surface area contributed by atoms with Crippen LogP contribution in [0.2, 0.25) is 0 Å². The molecule has 3 aromatic rings. The predicted octanol–water partition coefficient (Wildman–Crippen LogP) is 4.73. The Morgan fingerprint density at radius 2 is 2.03 bits per heavy atom. The van der Waals surface area contributed by atoms with E-state index in [4.69, 9.17) is 0 Å². The summed E-state index contributed by atoms with van der Waals surface area (Å²) >= 11 is 0. The van der Waals surface area contributed by atoms with Crippen LogP contribution in [0.4, 0.5) is 4.39 Å². The zero-order valence-corrected chi connectivity index (χ0v) is 19.3. The molecule has 2 heterocycles. The Hall–Kier alpha value is -2.76. The van der Waals surface area contributed by atoms with Crippen LogP contribution < -0.4 is 4.72 Å². The molecule has 1 saturated carbocycles. The largest absolute Gasteiger partial charge is 0.347 e. The number of fused-ring (bicyclic) bond motifs is 1. The Morgan fingerprint density at radius 1 is 1.28 bits per heavy atom. The number of nitriles is 1. The van der Waals surface area contributed by atoms with Crippen molar-refractivity contribution < 1.29 is 12.8 Å². The number of pyridine rings is 1. The van der Waals surface area contributed by atoms with E-state index in [1.54, 1.807) is 12.1 Å². The highest BCUT2D eigenvalue weighted by Gasteiger charge is 2.31. The number of halogens is 1. The Morgan fingerprint density at radius 3 is 2.66 bits per heavy atom. The van der Waals surface area contributed by atoms with Crippen LogP contribution >= 0.6 is 0 Å². The van der Waals surface area contributed by atoms with E-state index in [1.807, 2.05) is 10.8 Å². The highest BCUT2D eigenvalue weighted by molar-refractivity contribution is 7.90. The van der Waals surface area contributed by atoms with Crippen LogP contribution in [0.25, 0.3) is 22.0 Å². The fourth-order valence-corrected chi connectivity index (χ4v) is 5.60. The molecule has 0 amide bonds. The standard InChI is InChI=1S/C24H27FN4O2S/c1-24(2,3)15-29-14-17(12-28-32(30,31)18-5-4-6-18)19-9-22(25)20(10-23(19)29)21-13-27-8-7-16(21)11-26/h7-10,13-14,18,28H,4-6,12,15H2,1-3H3. The van der Waals surface area contributed by atoms with E-state index in [0.29, 0.717) is 41.5 Å². The number of rotatable bonds is 6. The summed E-state index contributed by atoms with van der Waals surface area (Å²) in [7, 11) is -3.38. The van der Waals surface area contributed by atoms with E-state index in [-0.39, 0.29) is 17.2 Å². The van der Waals surface area contributed by atoms with Crippen molar-refractivity contribution in [2.75, 3.05) is 0 Å². The number of hydrogen-bond donors (Lipinski definition) is 1. The van der Waals surface area contributed by atoms with E-state index >= 15 is 4.39 Å². The Labute approximate surface area is 188 Å². The first-order chi connectivity index (χ1) is 15.1. The second-order valence-corrected chi connectivity index (χ2v) is 11.7. The van der Waals surface area contributed by atoms with Gasteiger partial charge in [0.15, 0.2) is 0 Å². The first-order valence-electron chi connectivity index (χ1n) is 10.7. The van der Waals surface area contributed by atoms with E-state index in [9.17, 15) is 13.7 Å². The lowest BCUT2D eigenvalue weighted by molar-refractivity contribution is 0.349. The molecule has 0 spiro atoms. The van der Waals surface area contributed by atoms with Gasteiger partial charge in [0.1, 0.15) is 5.82 Å². The molecule has 0 unspecified atom stereocenters. The van der Waals surface area contributed by atoms with Crippen LogP contribution in [0.5, 0.6) is 0 Å². The molecule has 1 fully saturated rings. The normalized spacial score (nSPS) is 15.0. The van der Waals surface area contributed by atoms with E-state index in [1.165, 1.54) is 18.5 Å². The Kier molecular flexibility index (Phi) is 5.82. The SMILES string of the molecule is CC(C)(C)Cn1cc(CNS(=O)(=O)C2CCC2)c2cc(F)c(-c3cnccc3C#N)cc21. The summed E-state index contributed by atoms with van der Waals surface area (Å²) < 4.78 is 45.0. The molecular weight excluding hydrogens is 427 g/mol. The van der Waals surface area contributed by atoms with Gasteiger partial charge >= 0.3 is 0 Å². The molecule has 0 radical (unpaired) electrons. The molecule has 0 atom stereocenters. The van der Waals surface area contributed by atoms with Gasteiger partial charge in [0.05, 0.1) is 16.9 Å². The van der Waals surface area contributed by atoms with Crippen molar-refractivity contribution in [1.29, 1.82) is 5.26 Å². The van der Waals surface area contributed by atoms with Crippen molar-refractivity contribution in [3.8, 4) is 17.2 Å². The smallest absolute Gasteiger partial charge is 0.214 e. The molecule has 0 bridgehead atoms. The second kappa shape index (κ2) is 8.30. The quantitative estimate of drug-likeness (QED) is 0.583. The van der Waals surface area contributed by atoms with Gasteiger partial charge in [-0.3, -0.25) is 4.98 Å². The summed E-state index contributed by atoms with van der Waals surface area (Å²) in [6.07, 6.45) is 7.21.